The number of hydrogen-bond acceptors (Lipinski definition) is 13. The van der Waals surface area contributed by atoms with Crippen molar-refractivity contribution < 1.29 is 62.1 Å². The minimum atomic E-state index is -0.864. The smallest absolute Gasteiger partial charge is 0.303 e. The quantitative estimate of drug-likeness (QED) is 0.360. The maximum atomic E-state index is 11.2. The monoisotopic (exact) mass is 602 g/mol. The van der Waals surface area contributed by atoms with Crippen LogP contribution in [0.15, 0.2) is 30.3 Å². The molecule has 0 amide bonds. The van der Waals surface area contributed by atoms with E-state index in [0.717, 1.165) is 5.56 Å². The standard InChI is InChI=1S/C14H18O5.C13H20O8.2CH4/c1-16-12-7-10(15)13-11(18-12)8-17-14(19-13)9-5-3-2-4-6-9;1-7(14)18-6-11-13(20-9(3)16)10(19-8(2)15)5-12(17-4)21-11;;/h2-6,10-15H,7-8H2,1H3;10-13H,5-6H2,1-4H3;2*1H4. The fraction of sp³-hybridized carbons (Fsp3) is 0.690. The second-order valence-electron chi connectivity index (χ2n) is 9.42. The molecule has 9 unspecified atom stereocenters. The van der Waals surface area contributed by atoms with E-state index >= 15 is 0 Å². The molecule has 240 valence electrons. The van der Waals surface area contributed by atoms with Crippen LogP contribution in [0.2, 0.25) is 0 Å². The number of aliphatic hydroxyl groups excluding tert-OH is 1. The van der Waals surface area contributed by atoms with E-state index in [2.05, 4.69) is 0 Å². The van der Waals surface area contributed by atoms with Crippen LogP contribution in [0.25, 0.3) is 0 Å². The van der Waals surface area contributed by atoms with Crippen molar-refractivity contribution in [1.82, 2.24) is 0 Å². The predicted molar refractivity (Wildman–Crippen MR) is 148 cm³/mol. The van der Waals surface area contributed by atoms with Crippen molar-refractivity contribution in [3.63, 3.8) is 0 Å². The Morgan fingerprint density at radius 1 is 0.857 bits per heavy atom. The Hall–Kier alpha value is -2.65. The number of rotatable bonds is 7. The molecule has 3 heterocycles. The van der Waals surface area contributed by atoms with Crippen LogP contribution in [0.1, 0.15) is 60.3 Å². The topological polar surface area (TPSA) is 155 Å². The molecular formula is C29H46O13. The zero-order valence-electron chi connectivity index (χ0n) is 23.3. The van der Waals surface area contributed by atoms with E-state index in [-0.39, 0.29) is 40.1 Å². The van der Waals surface area contributed by atoms with E-state index in [1.54, 1.807) is 7.11 Å². The summed E-state index contributed by atoms with van der Waals surface area (Å²) in [7, 11) is 3.00. The molecule has 42 heavy (non-hydrogen) atoms. The predicted octanol–water partition coefficient (Wildman–Crippen LogP) is 2.67. The van der Waals surface area contributed by atoms with E-state index in [9.17, 15) is 19.5 Å². The summed E-state index contributed by atoms with van der Waals surface area (Å²) in [6.07, 6.45) is -4.48. The van der Waals surface area contributed by atoms with E-state index < -0.39 is 61.2 Å². The van der Waals surface area contributed by atoms with E-state index in [0.29, 0.717) is 13.0 Å². The third kappa shape index (κ3) is 10.9. The number of benzene rings is 1. The van der Waals surface area contributed by atoms with Crippen molar-refractivity contribution in [3.05, 3.63) is 35.9 Å². The third-order valence-electron chi connectivity index (χ3n) is 6.35. The Bertz CT molecular complexity index is 958. The molecule has 13 nitrogen and oxygen atoms in total. The second-order valence-corrected chi connectivity index (χ2v) is 9.42. The van der Waals surface area contributed by atoms with Gasteiger partial charge in [0.25, 0.3) is 0 Å². The van der Waals surface area contributed by atoms with Gasteiger partial charge in [0.05, 0.1) is 12.7 Å². The molecule has 0 radical (unpaired) electrons. The highest BCUT2D eigenvalue weighted by atomic mass is 16.7. The van der Waals surface area contributed by atoms with Gasteiger partial charge in [0.2, 0.25) is 0 Å². The van der Waals surface area contributed by atoms with Gasteiger partial charge in [-0.05, 0) is 0 Å². The number of methoxy groups -OCH3 is 2. The molecule has 0 spiro atoms. The molecule has 4 rings (SSSR count). The number of aliphatic hydroxyl groups is 1. The summed E-state index contributed by atoms with van der Waals surface area (Å²) in [5.74, 6) is -1.56. The molecule has 1 aromatic rings. The van der Waals surface area contributed by atoms with Crippen molar-refractivity contribution in [3.8, 4) is 0 Å². The molecule has 0 saturated carbocycles. The van der Waals surface area contributed by atoms with Crippen LogP contribution in [0.3, 0.4) is 0 Å². The van der Waals surface area contributed by atoms with Gasteiger partial charge >= 0.3 is 17.9 Å². The van der Waals surface area contributed by atoms with E-state index in [1.807, 2.05) is 30.3 Å². The number of fused-ring (bicyclic) bond motifs is 1. The molecule has 13 heteroatoms. The Morgan fingerprint density at radius 2 is 1.48 bits per heavy atom. The van der Waals surface area contributed by atoms with Crippen LogP contribution in [0.4, 0.5) is 0 Å². The second kappa shape index (κ2) is 18.1. The van der Waals surface area contributed by atoms with Crippen LogP contribution in [0.5, 0.6) is 0 Å². The number of hydrogen-bond donors (Lipinski definition) is 1. The molecule has 0 bridgehead atoms. The van der Waals surface area contributed by atoms with Crippen molar-refractivity contribution in [2.45, 2.75) is 104 Å². The van der Waals surface area contributed by atoms with E-state index in [4.69, 9.17) is 42.6 Å². The summed E-state index contributed by atoms with van der Waals surface area (Å²) in [6.45, 7) is 3.99. The minimum absolute atomic E-state index is 0. The highest BCUT2D eigenvalue weighted by Crippen LogP contribution is 2.34. The lowest BCUT2D eigenvalue weighted by Crippen LogP contribution is -2.55. The summed E-state index contributed by atoms with van der Waals surface area (Å²) in [5, 5.41) is 10.1. The molecule has 3 aliphatic rings. The molecule has 0 aliphatic carbocycles. The normalized spacial score (nSPS) is 31.8. The van der Waals surface area contributed by atoms with Gasteiger partial charge in [0.15, 0.2) is 25.0 Å². The maximum Gasteiger partial charge on any atom is 0.303 e. The lowest BCUT2D eigenvalue weighted by molar-refractivity contribution is -0.334. The van der Waals surface area contributed by atoms with Crippen LogP contribution < -0.4 is 0 Å². The van der Waals surface area contributed by atoms with Crippen molar-refractivity contribution in [2.75, 3.05) is 27.4 Å². The van der Waals surface area contributed by atoms with Crippen molar-refractivity contribution in [2.24, 2.45) is 0 Å². The summed E-state index contributed by atoms with van der Waals surface area (Å²) < 4.78 is 48.1. The van der Waals surface area contributed by atoms with Gasteiger partial charge in [-0.2, -0.15) is 0 Å². The first-order valence-corrected chi connectivity index (χ1v) is 13.0. The van der Waals surface area contributed by atoms with Crippen LogP contribution in [0, 0.1) is 0 Å². The lowest BCUT2D eigenvalue weighted by atomic mass is 10.0. The first kappa shape index (κ1) is 37.4. The Morgan fingerprint density at radius 3 is 2.05 bits per heavy atom. The Kier molecular flexibility index (Phi) is 16.1. The van der Waals surface area contributed by atoms with Gasteiger partial charge in [0, 0.05) is 53.4 Å². The maximum absolute atomic E-state index is 11.2. The molecule has 9 atom stereocenters. The van der Waals surface area contributed by atoms with Gasteiger partial charge in [-0.3, -0.25) is 14.4 Å². The number of carbonyl (C=O) groups is 3. The zero-order valence-corrected chi connectivity index (χ0v) is 23.3. The largest absolute Gasteiger partial charge is 0.463 e. The average Bonchev–Trinajstić information content (AvgIpc) is 2.93. The summed E-state index contributed by atoms with van der Waals surface area (Å²) in [5.41, 5.74) is 0.946. The lowest BCUT2D eigenvalue weighted by Gasteiger charge is -2.43. The van der Waals surface area contributed by atoms with Gasteiger partial charge in [-0.1, -0.05) is 45.2 Å². The molecule has 3 aliphatic heterocycles. The average molecular weight is 603 g/mol. The van der Waals surface area contributed by atoms with E-state index in [1.165, 1.54) is 27.9 Å². The van der Waals surface area contributed by atoms with Gasteiger partial charge in [-0.25, -0.2) is 0 Å². The van der Waals surface area contributed by atoms with Crippen LogP contribution >= 0.6 is 0 Å². The SMILES string of the molecule is C.C.COC1CC(O)C2OC(c3ccccc3)OCC2O1.COC1CC(OC(C)=O)C(OC(C)=O)C(COC(C)=O)O1. The summed E-state index contributed by atoms with van der Waals surface area (Å²) in [4.78, 5) is 33.3. The zero-order chi connectivity index (χ0) is 29.2. The van der Waals surface area contributed by atoms with Gasteiger partial charge in [0.1, 0.15) is 31.0 Å². The first-order valence-electron chi connectivity index (χ1n) is 13.0. The third-order valence-corrected chi connectivity index (χ3v) is 6.35. The van der Waals surface area contributed by atoms with Crippen LogP contribution in [-0.2, 0) is 57.0 Å². The van der Waals surface area contributed by atoms with Crippen molar-refractivity contribution >= 4 is 17.9 Å². The number of esters is 3. The van der Waals surface area contributed by atoms with Gasteiger partial charge < -0.3 is 47.7 Å². The number of carbonyl (C=O) groups excluding carboxylic acids is 3. The molecular weight excluding hydrogens is 556 g/mol. The summed E-state index contributed by atoms with van der Waals surface area (Å²) in [6, 6.07) is 9.70. The number of ether oxygens (including phenoxy) is 9. The first-order chi connectivity index (χ1) is 19.1. The fourth-order valence-electron chi connectivity index (χ4n) is 4.57. The molecule has 1 aromatic carbocycles. The van der Waals surface area contributed by atoms with Crippen LogP contribution in [-0.4, -0.2) is 99.7 Å². The Labute approximate surface area is 247 Å². The van der Waals surface area contributed by atoms with Crippen molar-refractivity contribution in [1.29, 1.82) is 0 Å². The highest BCUT2D eigenvalue weighted by molar-refractivity contribution is 5.67. The minimum Gasteiger partial charge on any atom is -0.463 e. The molecule has 3 fully saturated rings. The Balaban J connectivity index is 0.000000402. The highest BCUT2D eigenvalue weighted by Gasteiger charge is 2.45. The molecule has 0 aromatic heterocycles. The molecule has 3 saturated heterocycles. The molecule has 1 N–H and O–H groups in total. The fourth-order valence-corrected chi connectivity index (χ4v) is 4.57. The van der Waals surface area contributed by atoms with Gasteiger partial charge in [-0.15, -0.1) is 0 Å². The summed E-state index contributed by atoms with van der Waals surface area (Å²) >= 11 is 0.